The SMILES string of the molecule is CC(c1ccccc1)N1CCC(NCc2cn[nH]c2-c2cccnc2)C1. The maximum absolute atomic E-state index is 4.22. The number of benzene rings is 1. The normalized spacial score (nSPS) is 18.9. The van der Waals surface area contributed by atoms with Gasteiger partial charge in [0.15, 0.2) is 0 Å². The van der Waals surface area contributed by atoms with E-state index in [2.05, 4.69) is 68.7 Å². The third-order valence-corrected chi connectivity index (χ3v) is 5.30. The molecule has 0 amide bonds. The van der Waals surface area contributed by atoms with Crippen LogP contribution in [0, 0.1) is 0 Å². The van der Waals surface area contributed by atoms with E-state index >= 15 is 0 Å². The summed E-state index contributed by atoms with van der Waals surface area (Å²) in [6, 6.07) is 15.7. The van der Waals surface area contributed by atoms with Crippen LogP contribution in [0.1, 0.15) is 30.5 Å². The molecular formula is C21H25N5. The van der Waals surface area contributed by atoms with Crippen LogP contribution in [0.2, 0.25) is 0 Å². The van der Waals surface area contributed by atoms with Gasteiger partial charge in [-0.3, -0.25) is 15.0 Å². The number of aromatic nitrogens is 3. The third kappa shape index (κ3) is 3.69. The molecule has 134 valence electrons. The zero-order valence-electron chi connectivity index (χ0n) is 15.1. The van der Waals surface area contributed by atoms with Gasteiger partial charge in [-0.25, -0.2) is 0 Å². The lowest BCUT2D eigenvalue weighted by molar-refractivity contribution is 0.255. The highest BCUT2D eigenvalue weighted by molar-refractivity contribution is 5.61. The number of rotatable bonds is 6. The van der Waals surface area contributed by atoms with Crippen molar-refractivity contribution in [2.75, 3.05) is 13.1 Å². The van der Waals surface area contributed by atoms with E-state index in [0.717, 1.165) is 30.9 Å². The van der Waals surface area contributed by atoms with Gasteiger partial charge >= 0.3 is 0 Å². The van der Waals surface area contributed by atoms with Crippen LogP contribution in [0.25, 0.3) is 11.3 Å². The van der Waals surface area contributed by atoms with Gasteiger partial charge in [-0.05, 0) is 31.0 Å². The Balaban J connectivity index is 1.35. The topological polar surface area (TPSA) is 56.8 Å². The molecule has 1 aliphatic heterocycles. The molecule has 1 aliphatic rings. The van der Waals surface area contributed by atoms with Crippen molar-refractivity contribution in [1.29, 1.82) is 0 Å². The molecule has 3 heterocycles. The third-order valence-electron chi connectivity index (χ3n) is 5.30. The number of hydrogen-bond donors (Lipinski definition) is 2. The zero-order chi connectivity index (χ0) is 17.8. The number of pyridine rings is 1. The first-order chi connectivity index (χ1) is 12.8. The fourth-order valence-electron chi connectivity index (χ4n) is 3.71. The Hall–Kier alpha value is -2.50. The van der Waals surface area contributed by atoms with Crippen LogP contribution in [0.15, 0.2) is 61.1 Å². The van der Waals surface area contributed by atoms with E-state index in [-0.39, 0.29) is 0 Å². The smallest absolute Gasteiger partial charge is 0.0710 e. The molecule has 2 aromatic heterocycles. The zero-order valence-corrected chi connectivity index (χ0v) is 15.1. The Bertz CT molecular complexity index is 815. The number of likely N-dealkylation sites (tertiary alicyclic amines) is 1. The van der Waals surface area contributed by atoms with Crippen molar-refractivity contribution < 1.29 is 0 Å². The Labute approximate surface area is 154 Å². The lowest BCUT2D eigenvalue weighted by atomic mass is 10.1. The van der Waals surface area contributed by atoms with Gasteiger partial charge in [0.1, 0.15) is 0 Å². The van der Waals surface area contributed by atoms with Gasteiger partial charge in [-0.1, -0.05) is 30.3 Å². The average molecular weight is 347 g/mol. The Kier molecular flexibility index (Phi) is 5.09. The molecule has 0 spiro atoms. The summed E-state index contributed by atoms with van der Waals surface area (Å²) in [5.74, 6) is 0. The van der Waals surface area contributed by atoms with E-state index in [9.17, 15) is 0 Å². The minimum absolute atomic E-state index is 0.461. The molecule has 4 rings (SSSR count). The predicted molar refractivity (Wildman–Crippen MR) is 103 cm³/mol. The van der Waals surface area contributed by atoms with Gasteiger partial charge in [0.2, 0.25) is 0 Å². The van der Waals surface area contributed by atoms with E-state index < -0.39 is 0 Å². The van der Waals surface area contributed by atoms with Crippen molar-refractivity contribution in [2.24, 2.45) is 0 Å². The van der Waals surface area contributed by atoms with E-state index in [4.69, 9.17) is 0 Å². The van der Waals surface area contributed by atoms with Crippen LogP contribution in [-0.4, -0.2) is 39.2 Å². The predicted octanol–water partition coefficient (Wildman–Crippen LogP) is 3.40. The molecule has 5 heteroatoms. The quantitative estimate of drug-likeness (QED) is 0.718. The second-order valence-corrected chi connectivity index (χ2v) is 6.96. The number of hydrogen-bond acceptors (Lipinski definition) is 4. The largest absolute Gasteiger partial charge is 0.308 e. The van der Waals surface area contributed by atoms with E-state index in [0.29, 0.717) is 12.1 Å². The van der Waals surface area contributed by atoms with Crippen molar-refractivity contribution >= 4 is 0 Å². The Morgan fingerprint density at radius 1 is 1.19 bits per heavy atom. The monoisotopic (exact) mass is 347 g/mol. The minimum Gasteiger partial charge on any atom is -0.308 e. The molecular weight excluding hydrogens is 322 g/mol. The van der Waals surface area contributed by atoms with Crippen molar-refractivity contribution in [3.8, 4) is 11.3 Å². The summed E-state index contributed by atoms with van der Waals surface area (Å²) in [6.45, 7) is 5.33. The molecule has 1 aromatic carbocycles. The Morgan fingerprint density at radius 2 is 2.08 bits per heavy atom. The van der Waals surface area contributed by atoms with E-state index in [1.165, 1.54) is 17.5 Å². The maximum Gasteiger partial charge on any atom is 0.0710 e. The fraction of sp³-hybridized carbons (Fsp3) is 0.333. The second kappa shape index (κ2) is 7.81. The molecule has 2 atom stereocenters. The van der Waals surface area contributed by atoms with Crippen LogP contribution in [0.5, 0.6) is 0 Å². The summed E-state index contributed by atoms with van der Waals surface area (Å²) in [6.07, 6.45) is 6.75. The van der Waals surface area contributed by atoms with Crippen LogP contribution < -0.4 is 5.32 Å². The van der Waals surface area contributed by atoms with Crippen LogP contribution >= 0.6 is 0 Å². The fourth-order valence-corrected chi connectivity index (χ4v) is 3.71. The van der Waals surface area contributed by atoms with Crippen molar-refractivity contribution in [3.63, 3.8) is 0 Å². The molecule has 2 unspecified atom stereocenters. The molecule has 0 bridgehead atoms. The summed E-state index contributed by atoms with van der Waals surface area (Å²) >= 11 is 0. The molecule has 5 nitrogen and oxygen atoms in total. The molecule has 0 saturated carbocycles. The summed E-state index contributed by atoms with van der Waals surface area (Å²) in [5, 5.41) is 11.0. The first-order valence-electron chi connectivity index (χ1n) is 9.26. The number of nitrogens with one attached hydrogen (secondary N) is 2. The van der Waals surface area contributed by atoms with Gasteiger partial charge in [0.05, 0.1) is 11.9 Å². The van der Waals surface area contributed by atoms with Crippen molar-refractivity contribution in [1.82, 2.24) is 25.4 Å². The van der Waals surface area contributed by atoms with E-state index in [1.54, 1.807) is 6.20 Å². The molecule has 3 aromatic rings. The maximum atomic E-state index is 4.22. The number of H-pyrrole nitrogens is 1. The van der Waals surface area contributed by atoms with Gasteiger partial charge in [-0.2, -0.15) is 5.10 Å². The molecule has 0 radical (unpaired) electrons. The highest BCUT2D eigenvalue weighted by atomic mass is 15.2. The first kappa shape index (κ1) is 16.9. The van der Waals surface area contributed by atoms with E-state index in [1.807, 2.05) is 18.5 Å². The lowest BCUT2D eigenvalue weighted by Gasteiger charge is -2.25. The standard InChI is InChI=1S/C21H25N5/c1-16(17-6-3-2-4-7-17)26-11-9-20(15-26)23-13-19-14-24-25-21(19)18-8-5-10-22-12-18/h2-8,10,12,14,16,20,23H,9,11,13,15H2,1H3,(H,24,25). The molecule has 26 heavy (non-hydrogen) atoms. The van der Waals surface area contributed by atoms with Crippen LogP contribution in [0.4, 0.5) is 0 Å². The summed E-state index contributed by atoms with van der Waals surface area (Å²) in [7, 11) is 0. The average Bonchev–Trinajstić information content (AvgIpc) is 3.36. The van der Waals surface area contributed by atoms with Gasteiger partial charge in [-0.15, -0.1) is 0 Å². The van der Waals surface area contributed by atoms with Crippen LogP contribution in [-0.2, 0) is 6.54 Å². The van der Waals surface area contributed by atoms with Gasteiger partial charge in [0.25, 0.3) is 0 Å². The highest BCUT2D eigenvalue weighted by Crippen LogP contribution is 2.25. The van der Waals surface area contributed by atoms with Gasteiger partial charge in [0, 0.05) is 55.2 Å². The first-order valence-corrected chi connectivity index (χ1v) is 9.26. The molecule has 1 fully saturated rings. The molecule has 0 aliphatic carbocycles. The molecule has 2 N–H and O–H groups in total. The molecule has 1 saturated heterocycles. The Morgan fingerprint density at radius 3 is 2.88 bits per heavy atom. The summed E-state index contributed by atoms with van der Waals surface area (Å²) in [5.41, 5.74) is 4.71. The van der Waals surface area contributed by atoms with Crippen molar-refractivity contribution in [3.05, 3.63) is 72.2 Å². The van der Waals surface area contributed by atoms with Crippen molar-refractivity contribution in [2.45, 2.75) is 32.0 Å². The second-order valence-electron chi connectivity index (χ2n) is 6.96. The number of nitrogens with zero attached hydrogens (tertiary/aromatic N) is 3. The summed E-state index contributed by atoms with van der Waals surface area (Å²) < 4.78 is 0. The van der Waals surface area contributed by atoms with Gasteiger partial charge < -0.3 is 5.32 Å². The van der Waals surface area contributed by atoms with Crippen LogP contribution in [0.3, 0.4) is 0 Å². The minimum atomic E-state index is 0.461. The lowest BCUT2D eigenvalue weighted by Crippen LogP contribution is -2.33. The number of aromatic amines is 1. The highest BCUT2D eigenvalue weighted by Gasteiger charge is 2.26. The summed E-state index contributed by atoms with van der Waals surface area (Å²) in [4.78, 5) is 6.76.